The van der Waals surface area contributed by atoms with Gasteiger partial charge in [0.05, 0.1) is 0 Å². The van der Waals surface area contributed by atoms with E-state index in [1.54, 1.807) is 0 Å². The first kappa shape index (κ1) is 18.5. The molecular formula is C21H29N3O2. The third kappa shape index (κ3) is 4.11. The van der Waals surface area contributed by atoms with Crippen molar-refractivity contribution >= 4 is 21.8 Å². The molecule has 0 saturated heterocycles. The van der Waals surface area contributed by atoms with Gasteiger partial charge in [0.2, 0.25) is 0 Å². The lowest BCUT2D eigenvalue weighted by molar-refractivity contribution is 0.261. The molecule has 3 aromatic rings. The summed E-state index contributed by atoms with van der Waals surface area (Å²) in [6.45, 7) is 3.17. The van der Waals surface area contributed by atoms with Crippen molar-refractivity contribution in [2.24, 2.45) is 7.05 Å². The van der Waals surface area contributed by atoms with Gasteiger partial charge in [-0.3, -0.25) is 0 Å². The molecule has 0 N–H and O–H groups in total. The summed E-state index contributed by atoms with van der Waals surface area (Å²) in [6.07, 6.45) is 0. The minimum absolute atomic E-state index is 0.683. The molecule has 5 heteroatoms. The van der Waals surface area contributed by atoms with E-state index in [0.29, 0.717) is 13.2 Å². The molecule has 3 rings (SSSR count). The minimum atomic E-state index is 0.683. The third-order valence-corrected chi connectivity index (χ3v) is 4.56. The second kappa shape index (κ2) is 7.98. The van der Waals surface area contributed by atoms with Crippen LogP contribution in [-0.2, 0) is 7.05 Å². The van der Waals surface area contributed by atoms with Gasteiger partial charge < -0.3 is 23.8 Å². The van der Waals surface area contributed by atoms with E-state index in [4.69, 9.17) is 9.47 Å². The van der Waals surface area contributed by atoms with Crippen LogP contribution in [0.15, 0.2) is 36.4 Å². The van der Waals surface area contributed by atoms with Gasteiger partial charge in [-0.05, 0) is 64.6 Å². The van der Waals surface area contributed by atoms with E-state index in [2.05, 4.69) is 73.9 Å². The molecule has 0 fully saturated rings. The largest absolute Gasteiger partial charge is 0.492 e. The number of fused-ring (bicyclic) bond motifs is 3. The van der Waals surface area contributed by atoms with E-state index in [0.717, 1.165) is 24.6 Å². The van der Waals surface area contributed by atoms with Gasteiger partial charge in [0.15, 0.2) is 0 Å². The quantitative estimate of drug-likeness (QED) is 0.621. The van der Waals surface area contributed by atoms with Crippen LogP contribution in [0.25, 0.3) is 21.8 Å². The first-order valence-corrected chi connectivity index (χ1v) is 9.03. The number of benzene rings is 2. The highest BCUT2D eigenvalue weighted by Gasteiger charge is 2.10. The second-order valence-corrected chi connectivity index (χ2v) is 7.22. The maximum Gasteiger partial charge on any atom is 0.120 e. The Morgan fingerprint density at radius 2 is 1.15 bits per heavy atom. The lowest BCUT2D eigenvalue weighted by Crippen LogP contribution is -2.19. The summed E-state index contributed by atoms with van der Waals surface area (Å²) in [4.78, 5) is 4.24. The van der Waals surface area contributed by atoms with Crippen molar-refractivity contribution in [3.63, 3.8) is 0 Å². The van der Waals surface area contributed by atoms with Gasteiger partial charge in [0.1, 0.15) is 24.7 Å². The van der Waals surface area contributed by atoms with Gasteiger partial charge in [0, 0.05) is 41.9 Å². The van der Waals surface area contributed by atoms with Gasteiger partial charge in [-0.15, -0.1) is 0 Å². The van der Waals surface area contributed by atoms with Gasteiger partial charge >= 0.3 is 0 Å². The Morgan fingerprint density at radius 1 is 0.731 bits per heavy atom. The molecule has 2 aromatic carbocycles. The van der Waals surface area contributed by atoms with Gasteiger partial charge in [-0.2, -0.15) is 0 Å². The molecule has 0 atom stereocenters. The van der Waals surface area contributed by atoms with Crippen molar-refractivity contribution in [3.05, 3.63) is 36.4 Å². The van der Waals surface area contributed by atoms with Crippen LogP contribution in [0.5, 0.6) is 11.5 Å². The molecule has 0 amide bonds. The second-order valence-electron chi connectivity index (χ2n) is 7.22. The number of hydrogen-bond donors (Lipinski definition) is 0. The highest BCUT2D eigenvalue weighted by Crippen LogP contribution is 2.33. The number of aryl methyl sites for hydroxylation is 1. The number of likely N-dealkylation sites (N-methyl/N-ethyl adjacent to an activating group) is 2. The standard InChI is InChI=1S/C21H29N3O2/c1-22(2)10-12-25-16-6-8-20-18(14-16)19-15-17(26-13-11-23(3)4)7-9-21(19)24(20)5/h6-9,14-15H,10-13H2,1-5H3. The van der Waals surface area contributed by atoms with Crippen molar-refractivity contribution in [1.82, 2.24) is 14.4 Å². The zero-order valence-corrected chi connectivity index (χ0v) is 16.5. The molecule has 0 aliphatic rings. The molecule has 1 heterocycles. The lowest BCUT2D eigenvalue weighted by Gasteiger charge is -2.11. The Morgan fingerprint density at radius 3 is 1.54 bits per heavy atom. The first-order chi connectivity index (χ1) is 12.5. The van der Waals surface area contributed by atoms with Crippen LogP contribution in [0.1, 0.15) is 0 Å². The topological polar surface area (TPSA) is 29.9 Å². The maximum atomic E-state index is 5.92. The molecule has 5 nitrogen and oxygen atoms in total. The Hall–Kier alpha value is -2.24. The summed E-state index contributed by atoms with van der Waals surface area (Å²) < 4.78 is 14.1. The average Bonchev–Trinajstić information content (AvgIpc) is 2.86. The zero-order valence-electron chi connectivity index (χ0n) is 16.5. The molecule has 0 aliphatic heterocycles. The molecule has 26 heavy (non-hydrogen) atoms. The fourth-order valence-electron chi connectivity index (χ4n) is 3.05. The van der Waals surface area contributed by atoms with E-state index in [1.165, 1.54) is 21.8 Å². The smallest absolute Gasteiger partial charge is 0.120 e. The van der Waals surface area contributed by atoms with Crippen LogP contribution in [0, 0.1) is 0 Å². The molecule has 0 spiro atoms. The number of nitrogens with zero attached hydrogens (tertiary/aromatic N) is 3. The average molecular weight is 355 g/mol. The SMILES string of the molecule is CN(C)CCOc1ccc2c(c1)c1cc(OCCN(C)C)ccc1n2C. The van der Waals surface area contributed by atoms with Crippen LogP contribution in [-0.4, -0.2) is 68.9 Å². The van der Waals surface area contributed by atoms with Gasteiger partial charge in [0.25, 0.3) is 0 Å². The van der Waals surface area contributed by atoms with Gasteiger partial charge in [-0.1, -0.05) is 0 Å². The number of hydrogen-bond acceptors (Lipinski definition) is 4. The summed E-state index contributed by atoms with van der Waals surface area (Å²) in [5.74, 6) is 1.82. The first-order valence-electron chi connectivity index (χ1n) is 9.03. The maximum absolute atomic E-state index is 5.92. The summed E-state index contributed by atoms with van der Waals surface area (Å²) >= 11 is 0. The highest BCUT2D eigenvalue weighted by molar-refractivity contribution is 6.08. The van der Waals surface area contributed by atoms with Crippen LogP contribution in [0.3, 0.4) is 0 Å². The van der Waals surface area contributed by atoms with Crippen LogP contribution >= 0.6 is 0 Å². The van der Waals surface area contributed by atoms with E-state index in [1.807, 2.05) is 12.1 Å². The van der Waals surface area contributed by atoms with Crippen LogP contribution < -0.4 is 9.47 Å². The van der Waals surface area contributed by atoms with Crippen molar-refractivity contribution in [1.29, 1.82) is 0 Å². The number of aromatic nitrogens is 1. The van der Waals surface area contributed by atoms with E-state index < -0.39 is 0 Å². The van der Waals surface area contributed by atoms with Gasteiger partial charge in [-0.25, -0.2) is 0 Å². The molecule has 0 saturated carbocycles. The monoisotopic (exact) mass is 355 g/mol. The van der Waals surface area contributed by atoms with Crippen molar-refractivity contribution in [3.8, 4) is 11.5 Å². The highest BCUT2D eigenvalue weighted by atomic mass is 16.5. The third-order valence-electron chi connectivity index (χ3n) is 4.56. The summed E-state index contributed by atoms with van der Waals surface area (Å²) in [6, 6.07) is 12.6. The number of ether oxygens (including phenoxy) is 2. The number of rotatable bonds is 8. The lowest BCUT2D eigenvalue weighted by atomic mass is 10.1. The summed E-state index contributed by atoms with van der Waals surface area (Å²) in [7, 11) is 10.3. The predicted molar refractivity (Wildman–Crippen MR) is 109 cm³/mol. The summed E-state index contributed by atoms with van der Waals surface area (Å²) in [5.41, 5.74) is 2.40. The molecule has 140 valence electrons. The fraction of sp³-hybridized carbons (Fsp3) is 0.429. The zero-order chi connectivity index (χ0) is 18.7. The van der Waals surface area contributed by atoms with E-state index >= 15 is 0 Å². The molecule has 0 radical (unpaired) electrons. The van der Waals surface area contributed by atoms with Crippen molar-refractivity contribution in [2.45, 2.75) is 0 Å². The van der Waals surface area contributed by atoms with Crippen LogP contribution in [0.4, 0.5) is 0 Å². The van der Waals surface area contributed by atoms with E-state index in [-0.39, 0.29) is 0 Å². The van der Waals surface area contributed by atoms with Crippen molar-refractivity contribution < 1.29 is 9.47 Å². The Bertz CT molecular complexity index is 812. The predicted octanol–water partition coefficient (Wildman–Crippen LogP) is 3.21. The minimum Gasteiger partial charge on any atom is -0.492 e. The van der Waals surface area contributed by atoms with E-state index in [9.17, 15) is 0 Å². The van der Waals surface area contributed by atoms with Crippen LogP contribution in [0.2, 0.25) is 0 Å². The summed E-state index contributed by atoms with van der Waals surface area (Å²) in [5, 5.41) is 2.39. The fourth-order valence-corrected chi connectivity index (χ4v) is 3.05. The Labute approximate surface area is 155 Å². The Balaban J connectivity index is 1.89. The molecule has 0 bridgehead atoms. The normalized spacial score (nSPS) is 11.8. The Kier molecular flexibility index (Phi) is 5.69. The van der Waals surface area contributed by atoms with Crippen molar-refractivity contribution in [2.75, 3.05) is 54.5 Å². The molecular weight excluding hydrogens is 326 g/mol. The molecule has 0 aliphatic carbocycles. The molecule has 0 unspecified atom stereocenters. The molecule has 1 aromatic heterocycles.